The van der Waals surface area contributed by atoms with E-state index in [0.29, 0.717) is 33.4 Å². The molecule has 1 unspecified atom stereocenters. The molecule has 0 spiro atoms. The highest BCUT2D eigenvalue weighted by Gasteiger charge is 2.16. The van der Waals surface area contributed by atoms with Crippen LogP contribution >= 0.6 is 23.2 Å². The Bertz CT molecular complexity index is 483. The molecule has 6 heteroatoms. The zero-order chi connectivity index (χ0) is 16.2. The molecular formula is C15H23Cl2N3O. The van der Waals surface area contributed by atoms with E-state index in [1.165, 1.54) is 0 Å². The molecule has 0 aliphatic heterocycles. The summed E-state index contributed by atoms with van der Waals surface area (Å²) in [6.07, 6.45) is 1.04. The lowest BCUT2D eigenvalue weighted by Crippen LogP contribution is -2.37. The Kier molecular flexibility index (Phi) is 6.78. The van der Waals surface area contributed by atoms with E-state index in [-0.39, 0.29) is 12.5 Å². The first-order valence-corrected chi connectivity index (χ1v) is 7.71. The number of amides is 1. The van der Waals surface area contributed by atoms with Gasteiger partial charge in [0.15, 0.2) is 0 Å². The molecule has 0 aliphatic carbocycles. The van der Waals surface area contributed by atoms with Crippen LogP contribution in [-0.2, 0) is 4.79 Å². The van der Waals surface area contributed by atoms with Gasteiger partial charge in [0.1, 0.15) is 0 Å². The maximum atomic E-state index is 12.1. The molecule has 1 amide bonds. The molecule has 0 bridgehead atoms. The van der Waals surface area contributed by atoms with Crippen molar-refractivity contribution in [1.82, 2.24) is 4.90 Å². The third-order valence-electron chi connectivity index (χ3n) is 3.31. The molecule has 4 nitrogen and oxygen atoms in total. The molecule has 1 aromatic carbocycles. The minimum absolute atomic E-state index is 0.149. The van der Waals surface area contributed by atoms with Crippen LogP contribution in [0.4, 0.5) is 11.4 Å². The Balaban J connectivity index is 2.66. The second kappa shape index (κ2) is 7.87. The fourth-order valence-corrected chi connectivity index (χ4v) is 2.71. The molecule has 118 valence electrons. The van der Waals surface area contributed by atoms with Gasteiger partial charge in [-0.2, -0.15) is 0 Å². The van der Waals surface area contributed by atoms with E-state index >= 15 is 0 Å². The number of likely N-dealkylation sites (N-methyl/N-ethyl adjacent to an activating group) is 1. The molecule has 0 heterocycles. The van der Waals surface area contributed by atoms with Gasteiger partial charge >= 0.3 is 0 Å². The van der Waals surface area contributed by atoms with Crippen LogP contribution in [0.5, 0.6) is 0 Å². The van der Waals surface area contributed by atoms with Crippen LogP contribution in [0, 0.1) is 5.92 Å². The summed E-state index contributed by atoms with van der Waals surface area (Å²) in [5, 5.41) is 3.53. The second-order valence-corrected chi connectivity index (χ2v) is 6.64. The van der Waals surface area contributed by atoms with Gasteiger partial charge in [-0.15, -0.1) is 0 Å². The number of anilines is 2. The summed E-state index contributed by atoms with van der Waals surface area (Å²) in [5.41, 5.74) is 6.60. The predicted molar refractivity (Wildman–Crippen MR) is 91.1 cm³/mol. The molecule has 0 aromatic heterocycles. The number of carbonyl (C=O) groups excluding carboxylic acids is 1. The molecule has 0 fully saturated rings. The van der Waals surface area contributed by atoms with Gasteiger partial charge in [-0.1, -0.05) is 37.0 Å². The van der Waals surface area contributed by atoms with E-state index in [2.05, 4.69) is 26.1 Å². The number of nitrogens with one attached hydrogen (secondary N) is 1. The topological polar surface area (TPSA) is 58.4 Å². The van der Waals surface area contributed by atoms with E-state index in [9.17, 15) is 4.79 Å². The fourth-order valence-electron chi connectivity index (χ4n) is 2.15. The van der Waals surface area contributed by atoms with E-state index in [0.717, 1.165) is 6.42 Å². The summed E-state index contributed by atoms with van der Waals surface area (Å²) in [6, 6.07) is 3.45. The Morgan fingerprint density at radius 2 is 1.95 bits per heavy atom. The molecule has 3 N–H and O–H groups in total. The van der Waals surface area contributed by atoms with Gasteiger partial charge in [-0.25, -0.2) is 0 Å². The Hall–Kier alpha value is -0.970. The van der Waals surface area contributed by atoms with Crippen molar-refractivity contribution >= 4 is 40.5 Å². The highest BCUT2D eigenvalue weighted by Crippen LogP contribution is 2.31. The van der Waals surface area contributed by atoms with E-state index in [1.807, 2.05) is 11.9 Å². The third-order valence-corrected chi connectivity index (χ3v) is 3.82. The van der Waals surface area contributed by atoms with Crippen molar-refractivity contribution in [2.45, 2.75) is 33.2 Å². The van der Waals surface area contributed by atoms with Crippen molar-refractivity contribution in [3.8, 4) is 0 Å². The number of halogens is 2. The van der Waals surface area contributed by atoms with Crippen LogP contribution in [0.25, 0.3) is 0 Å². The van der Waals surface area contributed by atoms with Gasteiger partial charge in [-0.3, -0.25) is 9.69 Å². The number of carbonyl (C=O) groups is 1. The molecule has 0 radical (unpaired) electrons. The molecule has 1 aromatic rings. The molecule has 0 saturated heterocycles. The van der Waals surface area contributed by atoms with E-state index in [4.69, 9.17) is 28.9 Å². The predicted octanol–water partition coefficient (Wildman–Crippen LogP) is 3.88. The summed E-state index contributed by atoms with van der Waals surface area (Å²) in [7, 11) is 1.93. The van der Waals surface area contributed by atoms with Crippen molar-refractivity contribution in [3.63, 3.8) is 0 Å². The molecule has 0 aliphatic rings. The van der Waals surface area contributed by atoms with Gasteiger partial charge in [0.25, 0.3) is 0 Å². The number of rotatable bonds is 6. The van der Waals surface area contributed by atoms with Crippen LogP contribution in [0.1, 0.15) is 27.2 Å². The van der Waals surface area contributed by atoms with Crippen LogP contribution in [-0.4, -0.2) is 30.4 Å². The van der Waals surface area contributed by atoms with E-state index < -0.39 is 0 Å². The number of nitrogen functional groups attached to an aromatic ring is 1. The monoisotopic (exact) mass is 331 g/mol. The lowest BCUT2D eigenvalue weighted by Gasteiger charge is -2.25. The Morgan fingerprint density at radius 3 is 2.48 bits per heavy atom. The van der Waals surface area contributed by atoms with Crippen molar-refractivity contribution in [2.24, 2.45) is 5.92 Å². The third kappa shape index (κ3) is 5.73. The molecule has 0 saturated carbocycles. The minimum Gasteiger partial charge on any atom is -0.397 e. The zero-order valence-electron chi connectivity index (χ0n) is 12.9. The van der Waals surface area contributed by atoms with Crippen molar-refractivity contribution < 1.29 is 4.79 Å². The maximum absolute atomic E-state index is 12.1. The standard InChI is InChI=1S/C15H23Cl2N3O/c1-9(2)5-10(3)20(4)8-14(21)19-15-12(17)6-11(16)7-13(15)18/h6-7,9-10H,5,8,18H2,1-4H3,(H,19,21). The maximum Gasteiger partial charge on any atom is 0.238 e. The van der Waals surface area contributed by atoms with Gasteiger partial charge in [0.2, 0.25) is 5.91 Å². The average molecular weight is 332 g/mol. The van der Waals surface area contributed by atoms with Crippen molar-refractivity contribution in [1.29, 1.82) is 0 Å². The molecule has 21 heavy (non-hydrogen) atoms. The molecule has 1 atom stereocenters. The Labute approximate surface area is 136 Å². The fraction of sp³-hybridized carbons (Fsp3) is 0.533. The number of nitrogens with two attached hydrogens (primary N) is 1. The van der Waals surface area contributed by atoms with Crippen LogP contribution in [0.15, 0.2) is 12.1 Å². The molecule has 1 rings (SSSR count). The lowest BCUT2D eigenvalue weighted by atomic mass is 10.0. The highest BCUT2D eigenvalue weighted by molar-refractivity contribution is 6.37. The SMILES string of the molecule is CC(C)CC(C)N(C)CC(=O)Nc1c(N)cc(Cl)cc1Cl. The lowest BCUT2D eigenvalue weighted by molar-refractivity contribution is -0.117. The summed E-state index contributed by atoms with van der Waals surface area (Å²) >= 11 is 11.9. The smallest absolute Gasteiger partial charge is 0.238 e. The normalized spacial score (nSPS) is 12.8. The summed E-state index contributed by atoms with van der Waals surface area (Å²) in [5.74, 6) is 0.441. The first kappa shape index (κ1) is 18.1. The quantitative estimate of drug-likeness (QED) is 0.777. The Morgan fingerprint density at radius 1 is 1.33 bits per heavy atom. The average Bonchev–Trinajstić information content (AvgIpc) is 2.32. The first-order valence-electron chi connectivity index (χ1n) is 6.95. The largest absolute Gasteiger partial charge is 0.397 e. The molecular weight excluding hydrogens is 309 g/mol. The van der Waals surface area contributed by atoms with Crippen LogP contribution in [0.2, 0.25) is 10.0 Å². The van der Waals surface area contributed by atoms with Gasteiger partial charge in [0.05, 0.1) is 22.9 Å². The summed E-state index contributed by atoms with van der Waals surface area (Å²) < 4.78 is 0. The number of benzene rings is 1. The highest BCUT2D eigenvalue weighted by atomic mass is 35.5. The van der Waals surface area contributed by atoms with Gasteiger partial charge in [0, 0.05) is 11.1 Å². The van der Waals surface area contributed by atoms with Gasteiger partial charge in [-0.05, 0) is 38.4 Å². The number of hydrogen-bond donors (Lipinski definition) is 2. The number of hydrogen-bond acceptors (Lipinski definition) is 3. The van der Waals surface area contributed by atoms with Gasteiger partial charge < -0.3 is 11.1 Å². The number of nitrogens with zero attached hydrogens (tertiary/aromatic N) is 1. The first-order chi connectivity index (χ1) is 9.70. The summed E-state index contributed by atoms with van der Waals surface area (Å²) in [6.45, 7) is 6.72. The van der Waals surface area contributed by atoms with Crippen molar-refractivity contribution in [3.05, 3.63) is 22.2 Å². The minimum atomic E-state index is -0.149. The van der Waals surface area contributed by atoms with Crippen LogP contribution in [0.3, 0.4) is 0 Å². The second-order valence-electron chi connectivity index (χ2n) is 5.79. The van der Waals surface area contributed by atoms with Crippen LogP contribution < -0.4 is 11.1 Å². The zero-order valence-corrected chi connectivity index (χ0v) is 14.4. The summed E-state index contributed by atoms with van der Waals surface area (Å²) in [4.78, 5) is 14.1. The van der Waals surface area contributed by atoms with Crippen molar-refractivity contribution in [2.75, 3.05) is 24.6 Å². The van der Waals surface area contributed by atoms with E-state index in [1.54, 1.807) is 12.1 Å².